The minimum Gasteiger partial charge on any atom is -0.502 e. The third-order valence-electron chi connectivity index (χ3n) is 5.26. The van der Waals surface area contributed by atoms with Gasteiger partial charge in [0.25, 0.3) is 11.8 Å². The van der Waals surface area contributed by atoms with Gasteiger partial charge >= 0.3 is 0 Å². The molecule has 2 heterocycles. The molecule has 0 aliphatic carbocycles. The number of nitrogens with zero attached hydrogens (tertiary/aromatic N) is 3. The van der Waals surface area contributed by atoms with E-state index in [0.717, 1.165) is 31.3 Å². The van der Waals surface area contributed by atoms with Crippen molar-refractivity contribution in [2.24, 2.45) is 0 Å². The minimum atomic E-state index is -1.08. The summed E-state index contributed by atoms with van der Waals surface area (Å²) in [5.41, 5.74) is -2.34. The van der Waals surface area contributed by atoms with Gasteiger partial charge in [0.2, 0.25) is 5.43 Å². The quantitative estimate of drug-likeness (QED) is 0.490. The van der Waals surface area contributed by atoms with Crippen molar-refractivity contribution in [1.82, 2.24) is 20.2 Å². The second-order valence-corrected chi connectivity index (χ2v) is 8.02. The molecule has 1 aliphatic rings. The van der Waals surface area contributed by atoms with Gasteiger partial charge in [-0.25, -0.2) is 8.78 Å². The first-order valence-corrected chi connectivity index (χ1v) is 10.6. The lowest BCUT2D eigenvalue weighted by molar-refractivity contribution is 0.0908. The van der Waals surface area contributed by atoms with Gasteiger partial charge in [0.15, 0.2) is 11.4 Å². The Kier molecular flexibility index (Phi) is 7.54. The van der Waals surface area contributed by atoms with Gasteiger partial charge in [-0.1, -0.05) is 18.5 Å². The molecule has 0 spiro atoms. The van der Waals surface area contributed by atoms with E-state index < -0.39 is 52.3 Å². The third-order valence-corrected chi connectivity index (χ3v) is 5.55. The number of hydrogen-bond donors (Lipinski definition) is 3. The second-order valence-electron chi connectivity index (χ2n) is 7.62. The number of nitrogens with one attached hydrogen (secondary N) is 2. The molecule has 0 atom stereocenters. The van der Waals surface area contributed by atoms with Crippen LogP contribution in [0.3, 0.4) is 0 Å². The van der Waals surface area contributed by atoms with Crippen molar-refractivity contribution in [2.75, 3.05) is 38.4 Å². The van der Waals surface area contributed by atoms with Crippen LogP contribution in [0.25, 0.3) is 0 Å². The molecule has 2 aromatic rings. The first kappa shape index (κ1) is 24.5. The van der Waals surface area contributed by atoms with E-state index in [1.54, 1.807) is 5.01 Å². The van der Waals surface area contributed by atoms with Crippen LogP contribution in [-0.4, -0.2) is 59.8 Å². The summed E-state index contributed by atoms with van der Waals surface area (Å²) >= 11 is 5.66. The third kappa shape index (κ3) is 5.09. The average molecular weight is 484 g/mol. The Morgan fingerprint density at radius 2 is 2.03 bits per heavy atom. The number of carbonyl (C=O) groups excluding carboxylic acids is 2. The van der Waals surface area contributed by atoms with Gasteiger partial charge in [-0.2, -0.15) is 0 Å². The largest absolute Gasteiger partial charge is 0.502 e. The van der Waals surface area contributed by atoms with Crippen LogP contribution in [0.15, 0.2) is 23.1 Å². The number of halogens is 3. The lowest BCUT2D eigenvalue weighted by atomic mass is 10.1. The SMILES string of the molecule is CCCN(C)CCN1CNC(=O)c2c(O)c(=O)c(C(=O)NCc3c(F)ccc(Cl)c3F)cn21. The lowest BCUT2D eigenvalue weighted by Crippen LogP contribution is -2.54. The molecule has 0 unspecified atom stereocenters. The van der Waals surface area contributed by atoms with Crippen molar-refractivity contribution < 1.29 is 23.5 Å². The monoisotopic (exact) mass is 483 g/mol. The number of benzene rings is 1. The summed E-state index contributed by atoms with van der Waals surface area (Å²) in [4.78, 5) is 39.6. The van der Waals surface area contributed by atoms with E-state index >= 15 is 0 Å². The van der Waals surface area contributed by atoms with E-state index in [0.29, 0.717) is 13.1 Å². The standard InChI is InChI=1S/C21H24ClF2N5O4/c1-3-6-27(2)7-8-28-11-26-21(33)17-19(31)18(30)13(10-29(17)28)20(32)25-9-12-15(23)5-4-14(22)16(12)24/h4-5,10,31H,3,6-9,11H2,1-2H3,(H,25,32)(H,26,33). The number of amides is 2. The number of carbonyl (C=O) groups is 2. The van der Waals surface area contributed by atoms with Crippen molar-refractivity contribution in [3.05, 3.63) is 62.0 Å². The van der Waals surface area contributed by atoms with Gasteiger partial charge in [-0.15, -0.1) is 0 Å². The zero-order chi connectivity index (χ0) is 24.3. The maximum atomic E-state index is 14.1. The number of rotatable bonds is 8. The fourth-order valence-electron chi connectivity index (χ4n) is 3.47. The van der Waals surface area contributed by atoms with Gasteiger partial charge in [-0.3, -0.25) is 24.1 Å². The van der Waals surface area contributed by atoms with Crippen LogP contribution in [0.5, 0.6) is 5.75 Å². The number of hydrogen-bond acceptors (Lipinski definition) is 6. The second kappa shape index (κ2) is 10.2. The molecule has 12 heteroatoms. The summed E-state index contributed by atoms with van der Waals surface area (Å²) in [5, 5.41) is 16.6. The van der Waals surface area contributed by atoms with E-state index in [1.165, 1.54) is 4.68 Å². The Balaban J connectivity index is 1.89. The Morgan fingerprint density at radius 1 is 1.30 bits per heavy atom. The van der Waals surface area contributed by atoms with E-state index in [1.807, 2.05) is 14.0 Å². The van der Waals surface area contributed by atoms with Crippen molar-refractivity contribution >= 4 is 23.4 Å². The molecule has 0 saturated carbocycles. The molecule has 1 aromatic heterocycles. The summed E-state index contributed by atoms with van der Waals surface area (Å²) in [6.07, 6.45) is 2.09. The Morgan fingerprint density at radius 3 is 2.73 bits per heavy atom. The number of aromatic hydroxyl groups is 1. The zero-order valence-electron chi connectivity index (χ0n) is 18.1. The Hall–Kier alpha value is -3.18. The molecule has 2 amide bonds. The molecule has 0 bridgehead atoms. The predicted molar refractivity (Wildman–Crippen MR) is 118 cm³/mol. The Labute approximate surface area is 193 Å². The maximum Gasteiger partial charge on any atom is 0.275 e. The fourth-order valence-corrected chi connectivity index (χ4v) is 3.65. The van der Waals surface area contributed by atoms with Crippen molar-refractivity contribution in [3.8, 4) is 5.75 Å². The predicted octanol–water partition coefficient (Wildman–Crippen LogP) is 1.40. The van der Waals surface area contributed by atoms with Gasteiger partial charge in [0.1, 0.15) is 23.9 Å². The highest BCUT2D eigenvalue weighted by molar-refractivity contribution is 6.30. The molecule has 0 fully saturated rings. The van der Waals surface area contributed by atoms with E-state index in [4.69, 9.17) is 11.6 Å². The molecular formula is C21H24ClF2N5O4. The Bertz CT molecular complexity index is 1140. The summed E-state index contributed by atoms with van der Waals surface area (Å²) in [7, 11) is 1.93. The van der Waals surface area contributed by atoms with E-state index in [-0.39, 0.29) is 17.4 Å². The molecule has 1 aliphatic heterocycles. The molecule has 178 valence electrons. The highest BCUT2D eigenvalue weighted by Gasteiger charge is 2.30. The topological polar surface area (TPSA) is 107 Å². The van der Waals surface area contributed by atoms with Crippen LogP contribution in [0.2, 0.25) is 5.02 Å². The molecule has 1 aromatic carbocycles. The van der Waals surface area contributed by atoms with Gasteiger partial charge in [0, 0.05) is 31.4 Å². The van der Waals surface area contributed by atoms with Crippen LogP contribution < -0.4 is 21.1 Å². The molecule has 33 heavy (non-hydrogen) atoms. The van der Waals surface area contributed by atoms with Gasteiger partial charge in [-0.05, 0) is 32.1 Å². The zero-order valence-corrected chi connectivity index (χ0v) is 18.9. The molecule has 9 nitrogen and oxygen atoms in total. The van der Waals surface area contributed by atoms with Crippen LogP contribution in [0.4, 0.5) is 8.78 Å². The first-order chi connectivity index (χ1) is 15.6. The summed E-state index contributed by atoms with van der Waals surface area (Å²) < 4.78 is 29.3. The highest BCUT2D eigenvalue weighted by atomic mass is 35.5. The molecule has 0 radical (unpaired) electrons. The normalized spacial score (nSPS) is 13.2. The van der Waals surface area contributed by atoms with Crippen molar-refractivity contribution in [2.45, 2.75) is 19.9 Å². The summed E-state index contributed by atoms with van der Waals surface area (Å²) in [6, 6.07) is 2.00. The smallest absolute Gasteiger partial charge is 0.275 e. The lowest BCUT2D eigenvalue weighted by Gasteiger charge is -2.35. The maximum absolute atomic E-state index is 14.1. The van der Waals surface area contributed by atoms with Crippen molar-refractivity contribution in [3.63, 3.8) is 0 Å². The molecule has 0 saturated heterocycles. The van der Waals surface area contributed by atoms with Crippen LogP contribution in [0.1, 0.15) is 39.8 Å². The summed E-state index contributed by atoms with van der Waals surface area (Å²) in [5.74, 6) is -4.48. The van der Waals surface area contributed by atoms with Crippen LogP contribution >= 0.6 is 11.6 Å². The van der Waals surface area contributed by atoms with Crippen LogP contribution in [-0.2, 0) is 6.54 Å². The first-order valence-electron chi connectivity index (χ1n) is 10.3. The molecule has 3 N–H and O–H groups in total. The van der Waals surface area contributed by atoms with Crippen molar-refractivity contribution in [1.29, 1.82) is 0 Å². The van der Waals surface area contributed by atoms with Gasteiger partial charge in [0.05, 0.1) is 5.02 Å². The molecular weight excluding hydrogens is 460 g/mol. The highest BCUT2D eigenvalue weighted by Crippen LogP contribution is 2.21. The van der Waals surface area contributed by atoms with E-state index in [2.05, 4.69) is 15.5 Å². The fraction of sp³-hybridized carbons (Fsp3) is 0.381. The average Bonchev–Trinajstić information content (AvgIpc) is 2.78. The number of aromatic nitrogens is 1. The van der Waals surface area contributed by atoms with Gasteiger partial charge < -0.3 is 20.6 Å². The molecule has 3 rings (SSSR count). The number of fused-ring (bicyclic) bond motifs is 1. The minimum absolute atomic E-state index is 0.0914. The number of pyridine rings is 1. The van der Waals surface area contributed by atoms with E-state index in [9.17, 15) is 28.3 Å². The number of likely N-dealkylation sites (N-methyl/N-ethyl adjacent to an activating group) is 1. The summed E-state index contributed by atoms with van der Waals surface area (Å²) in [6.45, 7) is 3.45. The van der Waals surface area contributed by atoms with Crippen LogP contribution in [0, 0.1) is 11.6 Å².